The number of hydrogen-bond acceptors (Lipinski definition) is 4. The van der Waals surface area contributed by atoms with Crippen LogP contribution in [0.3, 0.4) is 0 Å². The van der Waals surface area contributed by atoms with Gasteiger partial charge in [-0.05, 0) is 25.8 Å². The van der Waals surface area contributed by atoms with E-state index in [2.05, 4.69) is 21.9 Å². The first-order valence-corrected chi connectivity index (χ1v) is 6.09. The molecule has 1 aromatic rings. The van der Waals surface area contributed by atoms with E-state index in [1.165, 1.54) is 12.8 Å². The molecule has 92 valence electrons. The summed E-state index contributed by atoms with van der Waals surface area (Å²) in [5, 5.41) is 3.47. The van der Waals surface area contributed by atoms with Gasteiger partial charge in [0.1, 0.15) is 0 Å². The Kier molecular flexibility index (Phi) is 3.74. The Bertz CT molecular complexity index is 398. The summed E-state index contributed by atoms with van der Waals surface area (Å²) < 4.78 is 0. The number of anilines is 1. The molecule has 1 aliphatic carbocycles. The third-order valence-corrected chi connectivity index (χ3v) is 2.79. The van der Waals surface area contributed by atoms with Crippen LogP contribution in [-0.2, 0) is 6.54 Å². The van der Waals surface area contributed by atoms with Crippen molar-refractivity contribution >= 4 is 5.95 Å². The van der Waals surface area contributed by atoms with Gasteiger partial charge in [-0.25, -0.2) is 9.97 Å². The highest BCUT2D eigenvalue weighted by Gasteiger charge is 2.20. The van der Waals surface area contributed by atoms with Crippen molar-refractivity contribution in [2.45, 2.75) is 32.4 Å². The van der Waals surface area contributed by atoms with Gasteiger partial charge in [-0.2, -0.15) is 0 Å². The summed E-state index contributed by atoms with van der Waals surface area (Å²) in [7, 11) is 1.98. The normalized spacial score (nSPS) is 14.7. The zero-order chi connectivity index (χ0) is 12.3. The maximum absolute atomic E-state index is 4.56. The molecule has 0 bridgehead atoms. The van der Waals surface area contributed by atoms with Crippen LogP contribution in [0.15, 0.2) is 18.7 Å². The van der Waals surface area contributed by atoms with E-state index in [-0.39, 0.29) is 0 Å². The van der Waals surface area contributed by atoms with E-state index < -0.39 is 0 Å². The van der Waals surface area contributed by atoms with Crippen molar-refractivity contribution < 1.29 is 0 Å². The van der Waals surface area contributed by atoms with Crippen LogP contribution in [0.2, 0.25) is 0 Å². The number of aromatic nitrogens is 2. The SMILES string of the molecule is C=CCN(C)c1nc(C)cc(CNC2CC2)n1. The van der Waals surface area contributed by atoms with Crippen molar-refractivity contribution in [1.29, 1.82) is 0 Å². The van der Waals surface area contributed by atoms with Crippen LogP contribution in [0, 0.1) is 6.92 Å². The van der Waals surface area contributed by atoms with Crippen LogP contribution in [0.1, 0.15) is 24.2 Å². The molecular weight excluding hydrogens is 212 g/mol. The molecule has 0 spiro atoms. The molecule has 0 unspecified atom stereocenters. The highest BCUT2D eigenvalue weighted by atomic mass is 15.2. The third kappa shape index (κ3) is 3.53. The van der Waals surface area contributed by atoms with Crippen molar-refractivity contribution in [2.24, 2.45) is 0 Å². The fourth-order valence-electron chi connectivity index (χ4n) is 1.69. The number of rotatable bonds is 6. The van der Waals surface area contributed by atoms with E-state index in [4.69, 9.17) is 0 Å². The zero-order valence-corrected chi connectivity index (χ0v) is 10.6. The Morgan fingerprint density at radius 1 is 1.53 bits per heavy atom. The van der Waals surface area contributed by atoms with Crippen LogP contribution < -0.4 is 10.2 Å². The quantitative estimate of drug-likeness (QED) is 0.757. The van der Waals surface area contributed by atoms with Crippen molar-refractivity contribution in [1.82, 2.24) is 15.3 Å². The van der Waals surface area contributed by atoms with Crippen LogP contribution in [0.25, 0.3) is 0 Å². The largest absolute Gasteiger partial charge is 0.340 e. The molecule has 1 aromatic heterocycles. The van der Waals surface area contributed by atoms with E-state index in [0.29, 0.717) is 6.04 Å². The van der Waals surface area contributed by atoms with Crippen molar-refractivity contribution in [3.8, 4) is 0 Å². The van der Waals surface area contributed by atoms with Gasteiger partial charge in [-0.15, -0.1) is 6.58 Å². The smallest absolute Gasteiger partial charge is 0.225 e. The van der Waals surface area contributed by atoms with Gasteiger partial charge in [-0.1, -0.05) is 6.08 Å². The molecule has 1 N–H and O–H groups in total. The van der Waals surface area contributed by atoms with Gasteiger partial charge in [0.25, 0.3) is 0 Å². The lowest BCUT2D eigenvalue weighted by molar-refractivity contribution is 0.670. The lowest BCUT2D eigenvalue weighted by atomic mass is 10.3. The number of likely N-dealkylation sites (N-methyl/N-ethyl adjacent to an activating group) is 1. The first-order chi connectivity index (χ1) is 8.19. The molecule has 0 aromatic carbocycles. The molecule has 0 aliphatic heterocycles. The highest BCUT2D eigenvalue weighted by molar-refractivity contribution is 5.32. The molecule has 17 heavy (non-hydrogen) atoms. The molecule has 1 aliphatic rings. The molecule has 1 saturated carbocycles. The summed E-state index contributed by atoms with van der Waals surface area (Å²) in [6.07, 6.45) is 4.45. The minimum Gasteiger partial charge on any atom is -0.340 e. The van der Waals surface area contributed by atoms with E-state index in [1.807, 2.05) is 31.0 Å². The highest BCUT2D eigenvalue weighted by Crippen LogP contribution is 2.19. The van der Waals surface area contributed by atoms with Gasteiger partial charge < -0.3 is 10.2 Å². The second kappa shape index (κ2) is 5.27. The van der Waals surface area contributed by atoms with E-state index in [0.717, 1.165) is 30.4 Å². The number of nitrogens with one attached hydrogen (secondary N) is 1. The second-order valence-corrected chi connectivity index (χ2v) is 4.63. The lowest BCUT2D eigenvalue weighted by Crippen LogP contribution is -2.22. The topological polar surface area (TPSA) is 41.1 Å². The predicted octanol–water partition coefficient (Wildman–Crippen LogP) is 1.66. The number of nitrogens with zero attached hydrogens (tertiary/aromatic N) is 3. The standard InChI is InChI=1S/C13H20N4/c1-4-7-17(3)13-15-10(2)8-12(16-13)9-14-11-5-6-11/h4,8,11,14H,1,5-7,9H2,2-3H3. The summed E-state index contributed by atoms with van der Waals surface area (Å²) in [5.74, 6) is 0.775. The maximum Gasteiger partial charge on any atom is 0.225 e. The molecule has 1 fully saturated rings. The fraction of sp³-hybridized carbons (Fsp3) is 0.538. The van der Waals surface area contributed by atoms with Gasteiger partial charge in [0.05, 0.1) is 5.69 Å². The third-order valence-electron chi connectivity index (χ3n) is 2.79. The molecule has 4 heteroatoms. The lowest BCUT2D eigenvalue weighted by Gasteiger charge is -2.16. The molecular formula is C13H20N4. The van der Waals surface area contributed by atoms with Crippen LogP contribution in [0.5, 0.6) is 0 Å². The first-order valence-electron chi connectivity index (χ1n) is 6.09. The maximum atomic E-state index is 4.56. The molecule has 4 nitrogen and oxygen atoms in total. The number of aryl methyl sites for hydroxylation is 1. The monoisotopic (exact) mass is 232 g/mol. The summed E-state index contributed by atoms with van der Waals surface area (Å²) in [4.78, 5) is 11.0. The summed E-state index contributed by atoms with van der Waals surface area (Å²) in [6.45, 7) is 7.34. The Morgan fingerprint density at radius 2 is 2.29 bits per heavy atom. The van der Waals surface area contributed by atoms with Crippen LogP contribution in [0.4, 0.5) is 5.95 Å². The van der Waals surface area contributed by atoms with Gasteiger partial charge in [0.15, 0.2) is 0 Å². The number of hydrogen-bond donors (Lipinski definition) is 1. The van der Waals surface area contributed by atoms with Crippen LogP contribution in [-0.4, -0.2) is 29.6 Å². The minimum absolute atomic E-state index is 0.708. The Labute approximate surface area is 103 Å². The summed E-state index contributed by atoms with van der Waals surface area (Å²) in [6, 6.07) is 2.75. The van der Waals surface area contributed by atoms with Crippen molar-refractivity contribution in [3.63, 3.8) is 0 Å². The molecule has 0 radical (unpaired) electrons. The van der Waals surface area contributed by atoms with Gasteiger partial charge in [-0.3, -0.25) is 0 Å². The second-order valence-electron chi connectivity index (χ2n) is 4.63. The Morgan fingerprint density at radius 3 is 2.94 bits per heavy atom. The molecule has 0 saturated heterocycles. The average Bonchev–Trinajstić information content (AvgIpc) is 3.10. The Balaban J connectivity index is 2.06. The fourth-order valence-corrected chi connectivity index (χ4v) is 1.69. The van der Waals surface area contributed by atoms with Gasteiger partial charge >= 0.3 is 0 Å². The molecule has 0 amide bonds. The van der Waals surface area contributed by atoms with E-state index >= 15 is 0 Å². The van der Waals surface area contributed by atoms with Gasteiger partial charge in [0, 0.05) is 31.9 Å². The van der Waals surface area contributed by atoms with Crippen molar-refractivity contribution in [2.75, 3.05) is 18.5 Å². The van der Waals surface area contributed by atoms with Crippen LogP contribution >= 0.6 is 0 Å². The zero-order valence-electron chi connectivity index (χ0n) is 10.6. The van der Waals surface area contributed by atoms with Gasteiger partial charge in [0.2, 0.25) is 5.95 Å². The molecule has 0 atom stereocenters. The summed E-state index contributed by atoms with van der Waals surface area (Å²) in [5.41, 5.74) is 2.08. The van der Waals surface area contributed by atoms with E-state index in [9.17, 15) is 0 Å². The predicted molar refractivity (Wildman–Crippen MR) is 70.1 cm³/mol. The van der Waals surface area contributed by atoms with E-state index in [1.54, 1.807) is 0 Å². The van der Waals surface area contributed by atoms with Crippen molar-refractivity contribution in [3.05, 3.63) is 30.1 Å². The summed E-state index contributed by atoms with van der Waals surface area (Å²) >= 11 is 0. The molecule has 1 heterocycles. The first kappa shape index (κ1) is 12.0. The minimum atomic E-state index is 0.708. The Hall–Kier alpha value is -1.42. The average molecular weight is 232 g/mol. The molecule has 2 rings (SSSR count).